The number of esters is 1. The smallest absolute Gasteiger partial charge is 0.340 e. The molecule has 29 heavy (non-hydrogen) atoms. The molecule has 2 heterocycles. The predicted octanol–water partition coefficient (Wildman–Crippen LogP) is 4.14. The monoisotopic (exact) mass is 388 g/mol. The summed E-state index contributed by atoms with van der Waals surface area (Å²) in [6, 6.07) is 15.0. The Morgan fingerprint density at radius 2 is 1.90 bits per heavy atom. The van der Waals surface area contributed by atoms with Gasteiger partial charge in [-0.2, -0.15) is 0 Å². The van der Waals surface area contributed by atoms with Gasteiger partial charge in [-0.3, -0.25) is 9.78 Å². The molecule has 0 N–H and O–H groups in total. The molecule has 0 saturated heterocycles. The van der Waals surface area contributed by atoms with Crippen LogP contribution in [0.3, 0.4) is 0 Å². The van der Waals surface area contributed by atoms with Crippen molar-refractivity contribution < 1.29 is 13.9 Å². The molecule has 0 amide bonds. The molecule has 6 heteroatoms. The number of fused-ring (bicyclic) bond motifs is 1. The Balaban J connectivity index is 1.85. The lowest BCUT2D eigenvalue weighted by Gasteiger charge is -2.20. The third kappa shape index (κ3) is 3.65. The molecular formula is C23H17FN2O3. The van der Waals surface area contributed by atoms with Crippen LogP contribution in [0.4, 0.5) is 4.39 Å². The molecule has 2 aliphatic rings. The molecule has 144 valence electrons. The van der Waals surface area contributed by atoms with Gasteiger partial charge in [-0.15, -0.1) is 0 Å². The Morgan fingerprint density at radius 1 is 1.10 bits per heavy atom. The number of hydrogen-bond acceptors (Lipinski definition) is 4. The highest BCUT2D eigenvalue weighted by Gasteiger charge is 2.24. The molecule has 0 spiro atoms. The summed E-state index contributed by atoms with van der Waals surface area (Å²) < 4.78 is 21.7. The van der Waals surface area contributed by atoms with Gasteiger partial charge in [-0.1, -0.05) is 30.3 Å². The van der Waals surface area contributed by atoms with Gasteiger partial charge >= 0.3 is 5.97 Å². The van der Waals surface area contributed by atoms with Crippen molar-refractivity contribution in [1.29, 1.82) is 0 Å². The highest BCUT2D eigenvalue weighted by atomic mass is 19.1. The molecule has 5 nitrogen and oxygen atoms in total. The number of pyridine rings is 2. The van der Waals surface area contributed by atoms with E-state index in [9.17, 15) is 14.0 Å². The van der Waals surface area contributed by atoms with Crippen LogP contribution in [0.2, 0.25) is 0 Å². The molecular weight excluding hydrogens is 371 g/mol. The first-order valence-corrected chi connectivity index (χ1v) is 9.01. The number of ether oxygens (including phenoxy) is 1. The Kier molecular flexibility index (Phi) is 4.91. The van der Waals surface area contributed by atoms with Gasteiger partial charge in [0.05, 0.1) is 17.4 Å². The first kappa shape index (κ1) is 18.6. The quantitative estimate of drug-likeness (QED) is 0.493. The largest absolute Gasteiger partial charge is 0.457 e. The lowest BCUT2D eigenvalue weighted by molar-refractivity contribution is 0.0472. The molecule has 2 aromatic rings. The van der Waals surface area contributed by atoms with Crippen LogP contribution in [-0.2, 0) is 11.3 Å². The molecule has 1 aliphatic carbocycles. The number of benzene rings is 2. The normalized spacial score (nSPS) is 10.8. The Hall–Kier alpha value is -3.80. The van der Waals surface area contributed by atoms with E-state index in [4.69, 9.17) is 4.74 Å². The van der Waals surface area contributed by atoms with Crippen LogP contribution in [0, 0.1) is 12.7 Å². The van der Waals surface area contributed by atoms with Gasteiger partial charge in [0, 0.05) is 35.3 Å². The molecule has 0 bridgehead atoms. The van der Waals surface area contributed by atoms with Gasteiger partial charge in [-0.05, 0) is 30.7 Å². The van der Waals surface area contributed by atoms with E-state index >= 15 is 0 Å². The maximum Gasteiger partial charge on any atom is 0.340 e. The van der Waals surface area contributed by atoms with E-state index in [0.717, 1.165) is 11.6 Å². The summed E-state index contributed by atoms with van der Waals surface area (Å²) >= 11 is 0. The summed E-state index contributed by atoms with van der Waals surface area (Å²) in [4.78, 5) is 29.0. The van der Waals surface area contributed by atoms with E-state index in [1.807, 2.05) is 30.3 Å². The summed E-state index contributed by atoms with van der Waals surface area (Å²) in [5.74, 6) is -1.32. The number of halogens is 1. The van der Waals surface area contributed by atoms with Crippen molar-refractivity contribution in [2.45, 2.75) is 13.5 Å². The third-order valence-electron chi connectivity index (χ3n) is 4.69. The molecule has 4 rings (SSSR count). The molecule has 1 aromatic heterocycles. The minimum absolute atomic E-state index is 0.0714. The zero-order chi connectivity index (χ0) is 20.4. The summed E-state index contributed by atoms with van der Waals surface area (Å²) in [7, 11) is 0. The number of hydrogen-bond donors (Lipinski definition) is 0. The minimum Gasteiger partial charge on any atom is -0.457 e. The Morgan fingerprint density at radius 3 is 2.62 bits per heavy atom. The summed E-state index contributed by atoms with van der Waals surface area (Å²) in [6.07, 6.45) is 4.79. The van der Waals surface area contributed by atoms with Crippen LogP contribution < -0.4 is 5.43 Å². The minimum atomic E-state index is -0.692. The average Bonchev–Trinajstić information content (AvgIpc) is 2.73. The molecule has 1 aromatic carbocycles. The second-order valence-electron chi connectivity index (χ2n) is 6.60. The van der Waals surface area contributed by atoms with E-state index in [1.165, 1.54) is 6.07 Å². The summed E-state index contributed by atoms with van der Waals surface area (Å²) in [5, 5.41) is 0. The Bertz CT molecular complexity index is 1200. The highest BCUT2D eigenvalue weighted by molar-refractivity contribution is 5.99. The van der Waals surface area contributed by atoms with Crippen LogP contribution in [0.15, 0.2) is 78.0 Å². The van der Waals surface area contributed by atoms with E-state index in [0.29, 0.717) is 11.4 Å². The molecule has 0 radical (unpaired) electrons. The fourth-order valence-electron chi connectivity index (χ4n) is 3.29. The van der Waals surface area contributed by atoms with Crippen LogP contribution in [0.1, 0.15) is 21.6 Å². The van der Waals surface area contributed by atoms with E-state index in [2.05, 4.69) is 4.98 Å². The lowest BCUT2D eigenvalue weighted by atomic mass is 9.97. The maximum atomic E-state index is 14.6. The maximum absolute atomic E-state index is 14.6. The number of rotatable bonds is 4. The van der Waals surface area contributed by atoms with Crippen LogP contribution in [0.25, 0.3) is 16.8 Å². The number of nitrogens with zero attached hydrogens (tertiary/aromatic N) is 2. The molecule has 1 aliphatic heterocycles. The van der Waals surface area contributed by atoms with Crippen LogP contribution in [-0.4, -0.2) is 15.5 Å². The number of carbonyl (C=O) groups is 1. The van der Waals surface area contributed by atoms with Crippen molar-refractivity contribution >= 4 is 5.97 Å². The zero-order valence-corrected chi connectivity index (χ0v) is 15.6. The van der Waals surface area contributed by atoms with E-state index in [-0.39, 0.29) is 23.3 Å². The number of aromatic nitrogens is 2. The van der Waals surface area contributed by atoms with Gasteiger partial charge in [0.2, 0.25) is 0 Å². The lowest BCUT2D eigenvalue weighted by Crippen LogP contribution is -2.17. The second kappa shape index (κ2) is 7.67. The fraction of sp³-hybridized carbons (Fsp3) is 0.0870. The van der Waals surface area contributed by atoms with E-state index < -0.39 is 17.2 Å². The van der Waals surface area contributed by atoms with Crippen molar-refractivity contribution in [3.63, 3.8) is 0 Å². The van der Waals surface area contributed by atoms with Gasteiger partial charge in [-0.25, -0.2) is 9.18 Å². The van der Waals surface area contributed by atoms with Gasteiger partial charge in [0.25, 0.3) is 0 Å². The van der Waals surface area contributed by atoms with Gasteiger partial charge in [0.1, 0.15) is 12.4 Å². The fourth-order valence-corrected chi connectivity index (χ4v) is 3.29. The van der Waals surface area contributed by atoms with Crippen molar-refractivity contribution in [1.82, 2.24) is 9.55 Å². The van der Waals surface area contributed by atoms with Gasteiger partial charge < -0.3 is 9.30 Å². The van der Waals surface area contributed by atoms with Crippen molar-refractivity contribution in [3.8, 4) is 16.8 Å². The Labute approximate surface area is 166 Å². The standard InChI is InChI=1S/C23H17FN2O3/c1-15-22(23(28)29-14-16-6-3-2-4-7-16)19-10-18(27)11-21(24)20(19)13-26(15)17-8-5-9-25-12-17/h2-13H,14H2,1H3. The first-order valence-electron chi connectivity index (χ1n) is 9.01. The number of carbonyl (C=O) groups excluding carboxylic acids is 1. The predicted molar refractivity (Wildman–Crippen MR) is 107 cm³/mol. The molecule has 0 unspecified atom stereocenters. The summed E-state index contributed by atoms with van der Waals surface area (Å²) in [5.41, 5.74) is 2.04. The third-order valence-corrected chi connectivity index (χ3v) is 4.69. The molecule has 0 fully saturated rings. The average molecular weight is 388 g/mol. The molecule has 0 saturated carbocycles. The topological polar surface area (TPSA) is 61.2 Å². The summed E-state index contributed by atoms with van der Waals surface area (Å²) in [6.45, 7) is 1.79. The van der Waals surface area contributed by atoms with E-state index in [1.54, 1.807) is 42.2 Å². The van der Waals surface area contributed by atoms with Crippen LogP contribution >= 0.6 is 0 Å². The first-order chi connectivity index (χ1) is 14.0. The van der Waals surface area contributed by atoms with Crippen LogP contribution in [0.5, 0.6) is 0 Å². The van der Waals surface area contributed by atoms with Crippen molar-refractivity contribution in [2.75, 3.05) is 0 Å². The molecule has 0 atom stereocenters. The zero-order valence-electron chi connectivity index (χ0n) is 15.6. The van der Waals surface area contributed by atoms with Gasteiger partial charge in [0.15, 0.2) is 5.43 Å². The SMILES string of the molecule is Cc1c(C(=O)OCc2ccccc2)c2cc(=O)cc(F)c-2cn1-c1cccnc1. The van der Waals surface area contributed by atoms with Crippen molar-refractivity contribution in [2.24, 2.45) is 0 Å². The van der Waals surface area contributed by atoms with Crippen molar-refractivity contribution in [3.05, 3.63) is 106 Å². The highest BCUT2D eigenvalue weighted by Crippen LogP contribution is 2.31. The second-order valence-corrected chi connectivity index (χ2v) is 6.60.